The van der Waals surface area contributed by atoms with Crippen molar-refractivity contribution < 1.29 is 0 Å². The molecule has 1 aliphatic heterocycles. The highest BCUT2D eigenvalue weighted by atomic mass is 32.1. The maximum atomic E-state index is 5.91. The Balaban J connectivity index is 2.07. The van der Waals surface area contributed by atoms with Crippen molar-refractivity contribution in [2.24, 2.45) is 5.92 Å². The zero-order valence-corrected chi connectivity index (χ0v) is 13.2. The summed E-state index contributed by atoms with van der Waals surface area (Å²) in [5, 5.41) is 1.17. The van der Waals surface area contributed by atoms with Gasteiger partial charge in [0.2, 0.25) is 5.95 Å². The Morgan fingerprint density at radius 1 is 1.40 bits per heavy atom. The third kappa shape index (κ3) is 2.35. The lowest BCUT2D eigenvalue weighted by atomic mass is 9.93. The molecular weight excluding hydrogens is 268 g/mol. The van der Waals surface area contributed by atoms with Gasteiger partial charge in [0.25, 0.3) is 0 Å². The molecule has 0 amide bonds. The smallest absolute Gasteiger partial charge is 0.223 e. The second-order valence-corrected chi connectivity index (χ2v) is 6.98. The highest BCUT2D eigenvalue weighted by Gasteiger charge is 2.26. The van der Waals surface area contributed by atoms with Crippen LogP contribution in [0.3, 0.4) is 0 Å². The number of nitrogen functional groups attached to an aromatic ring is 1. The molecule has 0 bridgehead atoms. The molecule has 3 heterocycles. The van der Waals surface area contributed by atoms with Gasteiger partial charge in [0, 0.05) is 17.5 Å². The predicted molar refractivity (Wildman–Crippen MR) is 86.4 cm³/mol. The quantitative estimate of drug-likeness (QED) is 0.920. The fraction of sp³-hybridized carbons (Fsp3) is 0.600. The first-order valence-corrected chi connectivity index (χ1v) is 8.22. The zero-order valence-electron chi connectivity index (χ0n) is 12.4. The van der Waals surface area contributed by atoms with Crippen molar-refractivity contribution in [3.63, 3.8) is 0 Å². The highest BCUT2D eigenvalue weighted by Crippen LogP contribution is 2.35. The summed E-state index contributed by atoms with van der Waals surface area (Å²) in [6.45, 7) is 7.85. The van der Waals surface area contributed by atoms with Gasteiger partial charge >= 0.3 is 0 Å². The van der Waals surface area contributed by atoms with Gasteiger partial charge in [-0.05, 0) is 38.2 Å². The van der Waals surface area contributed by atoms with Gasteiger partial charge in [-0.25, -0.2) is 4.98 Å². The van der Waals surface area contributed by atoms with Gasteiger partial charge < -0.3 is 10.6 Å². The average molecular weight is 290 g/mol. The number of nitrogens with zero attached hydrogens (tertiary/aromatic N) is 3. The standard InChI is InChI=1S/C15H22N4S/c1-4-11-8-12-13(17-15(16)18-14(12)20-11)19-6-5-9(2)7-10(19)3/h8-10H,4-7H2,1-3H3,(H2,16,17,18). The number of thiophene rings is 1. The van der Waals surface area contributed by atoms with E-state index >= 15 is 0 Å². The van der Waals surface area contributed by atoms with Crippen LogP contribution in [0.4, 0.5) is 11.8 Å². The Morgan fingerprint density at radius 3 is 2.90 bits per heavy atom. The van der Waals surface area contributed by atoms with Crippen LogP contribution in [0.2, 0.25) is 0 Å². The van der Waals surface area contributed by atoms with Gasteiger partial charge in [-0.1, -0.05) is 13.8 Å². The predicted octanol–water partition coefficient (Wildman–Crippen LogP) is 3.46. The summed E-state index contributed by atoms with van der Waals surface area (Å²) in [6.07, 6.45) is 3.48. The van der Waals surface area contributed by atoms with Crippen LogP contribution in [-0.4, -0.2) is 22.6 Å². The molecule has 5 heteroatoms. The number of fused-ring (bicyclic) bond motifs is 1. The topological polar surface area (TPSA) is 55.0 Å². The Bertz CT molecular complexity index is 622. The van der Waals surface area contributed by atoms with Crippen molar-refractivity contribution in [1.82, 2.24) is 9.97 Å². The lowest BCUT2D eigenvalue weighted by Crippen LogP contribution is -2.40. The molecule has 1 saturated heterocycles. The lowest BCUT2D eigenvalue weighted by Gasteiger charge is -2.37. The first-order valence-electron chi connectivity index (χ1n) is 7.41. The molecule has 2 N–H and O–H groups in total. The maximum absolute atomic E-state index is 5.91. The summed E-state index contributed by atoms with van der Waals surface area (Å²) in [4.78, 5) is 13.7. The Labute approximate surface area is 124 Å². The number of nitrogens with two attached hydrogens (primary N) is 1. The largest absolute Gasteiger partial charge is 0.368 e. The summed E-state index contributed by atoms with van der Waals surface area (Å²) < 4.78 is 0. The first-order chi connectivity index (χ1) is 9.58. The minimum Gasteiger partial charge on any atom is -0.368 e. The summed E-state index contributed by atoms with van der Waals surface area (Å²) in [5.74, 6) is 2.22. The molecule has 108 valence electrons. The molecule has 3 rings (SSSR count). The van der Waals surface area contributed by atoms with Crippen molar-refractivity contribution in [2.45, 2.75) is 46.1 Å². The number of piperidine rings is 1. The molecular formula is C15H22N4S. The summed E-state index contributed by atoms with van der Waals surface area (Å²) in [7, 11) is 0. The average Bonchev–Trinajstić information content (AvgIpc) is 2.81. The molecule has 4 nitrogen and oxygen atoms in total. The monoisotopic (exact) mass is 290 g/mol. The van der Waals surface area contributed by atoms with Crippen molar-refractivity contribution in [2.75, 3.05) is 17.2 Å². The number of aryl methyl sites for hydroxylation is 1. The highest BCUT2D eigenvalue weighted by molar-refractivity contribution is 7.18. The van der Waals surface area contributed by atoms with Crippen LogP contribution in [0.15, 0.2) is 6.07 Å². The molecule has 2 atom stereocenters. The number of aromatic nitrogens is 2. The third-order valence-electron chi connectivity index (χ3n) is 4.20. The van der Waals surface area contributed by atoms with E-state index in [4.69, 9.17) is 5.73 Å². The van der Waals surface area contributed by atoms with Crippen molar-refractivity contribution in [3.8, 4) is 0 Å². The SMILES string of the molecule is CCc1cc2c(N3CCC(C)CC3C)nc(N)nc2s1. The van der Waals surface area contributed by atoms with E-state index < -0.39 is 0 Å². The molecule has 0 spiro atoms. The van der Waals surface area contributed by atoms with Crippen molar-refractivity contribution >= 4 is 33.3 Å². The zero-order chi connectivity index (χ0) is 14.3. The van der Waals surface area contributed by atoms with Crippen molar-refractivity contribution in [3.05, 3.63) is 10.9 Å². The number of hydrogen-bond acceptors (Lipinski definition) is 5. The summed E-state index contributed by atoms with van der Waals surface area (Å²) >= 11 is 1.73. The van der Waals surface area contributed by atoms with E-state index in [1.807, 2.05) is 0 Å². The molecule has 2 aromatic heterocycles. The molecule has 0 aromatic carbocycles. The second-order valence-electron chi connectivity index (χ2n) is 5.86. The summed E-state index contributed by atoms with van der Waals surface area (Å²) in [5.41, 5.74) is 5.91. The normalized spacial score (nSPS) is 23.4. The molecule has 2 unspecified atom stereocenters. The fourth-order valence-electron chi connectivity index (χ4n) is 3.09. The van der Waals surface area contributed by atoms with Crippen LogP contribution in [0.25, 0.3) is 10.2 Å². The van der Waals surface area contributed by atoms with E-state index in [0.717, 1.165) is 29.5 Å². The third-order valence-corrected chi connectivity index (χ3v) is 5.37. The number of rotatable bonds is 2. The van der Waals surface area contributed by atoms with Gasteiger partial charge in [-0.3, -0.25) is 0 Å². The molecule has 0 radical (unpaired) electrons. The van der Waals surface area contributed by atoms with Crippen LogP contribution in [0.1, 0.15) is 38.5 Å². The molecule has 0 aliphatic carbocycles. The minimum absolute atomic E-state index is 0.392. The van der Waals surface area contributed by atoms with E-state index in [1.54, 1.807) is 11.3 Å². The van der Waals surface area contributed by atoms with Crippen LogP contribution < -0.4 is 10.6 Å². The molecule has 20 heavy (non-hydrogen) atoms. The second kappa shape index (κ2) is 5.20. The van der Waals surface area contributed by atoms with Crippen LogP contribution in [0.5, 0.6) is 0 Å². The van der Waals surface area contributed by atoms with Crippen LogP contribution in [0, 0.1) is 5.92 Å². The van der Waals surface area contributed by atoms with E-state index in [1.165, 1.54) is 23.1 Å². The van der Waals surface area contributed by atoms with Crippen molar-refractivity contribution in [1.29, 1.82) is 0 Å². The summed E-state index contributed by atoms with van der Waals surface area (Å²) in [6, 6.07) is 2.75. The fourth-order valence-corrected chi connectivity index (χ4v) is 4.06. The lowest BCUT2D eigenvalue weighted by molar-refractivity contribution is 0.376. The van der Waals surface area contributed by atoms with Crippen LogP contribution >= 0.6 is 11.3 Å². The Hall–Kier alpha value is -1.36. The number of anilines is 2. The molecule has 2 aromatic rings. The Morgan fingerprint density at radius 2 is 2.20 bits per heavy atom. The first kappa shape index (κ1) is 13.6. The van der Waals surface area contributed by atoms with E-state index in [0.29, 0.717) is 12.0 Å². The number of hydrogen-bond donors (Lipinski definition) is 1. The molecule has 1 fully saturated rings. The maximum Gasteiger partial charge on any atom is 0.223 e. The van der Waals surface area contributed by atoms with Gasteiger partial charge in [-0.2, -0.15) is 4.98 Å². The van der Waals surface area contributed by atoms with Gasteiger partial charge in [0.15, 0.2) is 0 Å². The van der Waals surface area contributed by atoms with Crippen LogP contribution in [-0.2, 0) is 6.42 Å². The van der Waals surface area contributed by atoms with E-state index in [-0.39, 0.29) is 0 Å². The van der Waals surface area contributed by atoms with Gasteiger partial charge in [0.05, 0.1) is 5.39 Å². The van der Waals surface area contributed by atoms with Gasteiger partial charge in [-0.15, -0.1) is 11.3 Å². The van der Waals surface area contributed by atoms with E-state index in [2.05, 4.69) is 41.7 Å². The Kier molecular flexibility index (Phi) is 3.54. The van der Waals surface area contributed by atoms with E-state index in [9.17, 15) is 0 Å². The molecule has 1 aliphatic rings. The van der Waals surface area contributed by atoms with Gasteiger partial charge in [0.1, 0.15) is 10.6 Å². The minimum atomic E-state index is 0.392. The molecule has 0 saturated carbocycles.